The second-order valence-electron chi connectivity index (χ2n) is 7.21. The summed E-state index contributed by atoms with van der Waals surface area (Å²) < 4.78 is 0. The fraction of sp³-hybridized carbons (Fsp3) is 0.0417. The topological polar surface area (TPSA) is 110 Å². The Bertz CT molecular complexity index is 1400. The average Bonchev–Trinajstić information content (AvgIpc) is 3.26. The SMILES string of the molecule is O=[N+]([O-])c1cccc(Nc2cc(-c3ccccc3)nc(SCc3nc4ccccc4[nH]3)n2)c1. The number of rotatable bonds is 7. The van der Waals surface area contributed by atoms with Crippen molar-refractivity contribution < 1.29 is 4.92 Å². The number of aromatic nitrogens is 4. The first-order chi connectivity index (χ1) is 16.1. The lowest BCUT2D eigenvalue weighted by atomic mass is 10.1. The summed E-state index contributed by atoms with van der Waals surface area (Å²) in [6.45, 7) is 0. The van der Waals surface area contributed by atoms with Gasteiger partial charge in [0.05, 0.1) is 27.4 Å². The fourth-order valence-electron chi connectivity index (χ4n) is 3.36. The molecule has 0 radical (unpaired) electrons. The van der Waals surface area contributed by atoms with Gasteiger partial charge in [-0.1, -0.05) is 60.3 Å². The maximum atomic E-state index is 11.1. The van der Waals surface area contributed by atoms with Gasteiger partial charge in [-0.3, -0.25) is 10.1 Å². The molecule has 0 atom stereocenters. The molecule has 9 heteroatoms. The van der Waals surface area contributed by atoms with Crippen molar-refractivity contribution in [2.75, 3.05) is 5.32 Å². The lowest BCUT2D eigenvalue weighted by Crippen LogP contribution is -1.99. The van der Waals surface area contributed by atoms with Crippen molar-refractivity contribution >= 4 is 40.0 Å². The second-order valence-corrected chi connectivity index (χ2v) is 8.15. The van der Waals surface area contributed by atoms with E-state index < -0.39 is 4.92 Å². The Kier molecular flexibility index (Phi) is 5.69. The standard InChI is InChI=1S/C24H18N6O2S/c31-30(32)18-10-6-9-17(13-18)25-22-14-21(16-7-2-1-3-8-16)28-24(29-22)33-15-23-26-19-11-4-5-12-20(19)27-23/h1-14H,15H2,(H,26,27)(H,25,28,29). The molecule has 3 aromatic carbocycles. The maximum Gasteiger partial charge on any atom is 0.271 e. The Morgan fingerprint density at radius 1 is 0.909 bits per heavy atom. The third-order valence-electron chi connectivity index (χ3n) is 4.88. The fourth-order valence-corrected chi connectivity index (χ4v) is 4.09. The number of H-pyrrole nitrogens is 1. The van der Waals surface area contributed by atoms with Crippen LogP contribution < -0.4 is 5.32 Å². The highest BCUT2D eigenvalue weighted by Crippen LogP contribution is 2.28. The quantitative estimate of drug-likeness (QED) is 0.135. The molecule has 2 heterocycles. The first-order valence-electron chi connectivity index (χ1n) is 10.2. The zero-order valence-corrected chi connectivity index (χ0v) is 18.1. The number of fused-ring (bicyclic) bond motifs is 1. The summed E-state index contributed by atoms with van der Waals surface area (Å²) in [5, 5.41) is 14.9. The Morgan fingerprint density at radius 3 is 2.55 bits per heavy atom. The minimum Gasteiger partial charge on any atom is -0.341 e. The number of aromatic amines is 1. The highest BCUT2D eigenvalue weighted by Gasteiger charge is 2.11. The highest BCUT2D eigenvalue weighted by molar-refractivity contribution is 7.98. The third-order valence-corrected chi connectivity index (χ3v) is 5.74. The molecule has 0 spiro atoms. The monoisotopic (exact) mass is 454 g/mol. The van der Waals surface area contributed by atoms with Crippen molar-refractivity contribution in [3.63, 3.8) is 0 Å². The van der Waals surface area contributed by atoms with Crippen molar-refractivity contribution in [2.24, 2.45) is 0 Å². The molecule has 2 N–H and O–H groups in total. The predicted molar refractivity (Wildman–Crippen MR) is 130 cm³/mol. The molecule has 0 aliphatic heterocycles. The van der Waals surface area contributed by atoms with Crippen molar-refractivity contribution in [1.82, 2.24) is 19.9 Å². The average molecular weight is 455 g/mol. The van der Waals surface area contributed by atoms with E-state index in [9.17, 15) is 10.1 Å². The molecule has 0 amide bonds. The van der Waals surface area contributed by atoms with Crippen molar-refractivity contribution in [1.29, 1.82) is 0 Å². The first kappa shape index (κ1) is 20.7. The molecule has 5 rings (SSSR count). The number of hydrogen-bond donors (Lipinski definition) is 2. The van der Waals surface area contributed by atoms with E-state index in [4.69, 9.17) is 4.98 Å². The number of nitro benzene ring substituents is 1. The van der Waals surface area contributed by atoms with Gasteiger partial charge in [0.1, 0.15) is 11.6 Å². The van der Waals surface area contributed by atoms with Crippen LogP contribution in [0.2, 0.25) is 0 Å². The lowest BCUT2D eigenvalue weighted by molar-refractivity contribution is -0.384. The van der Waals surface area contributed by atoms with Crippen LogP contribution >= 0.6 is 11.8 Å². The zero-order chi connectivity index (χ0) is 22.6. The number of anilines is 2. The molecular weight excluding hydrogens is 436 g/mol. The van der Waals surface area contributed by atoms with Gasteiger partial charge in [-0.25, -0.2) is 15.0 Å². The van der Waals surface area contributed by atoms with E-state index in [1.165, 1.54) is 23.9 Å². The van der Waals surface area contributed by atoms with E-state index in [1.54, 1.807) is 12.1 Å². The number of hydrogen-bond acceptors (Lipinski definition) is 7. The van der Waals surface area contributed by atoms with Crippen LogP contribution in [0.25, 0.3) is 22.3 Å². The van der Waals surface area contributed by atoms with Gasteiger partial charge in [-0.2, -0.15) is 0 Å². The number of imidazole rings is 1. The zero-order valence-electron chi connectivity index (χ0n) is 17.3. The molecule has 0 aliphatic carbocycles. The van der Waals surface area contributed by atoms with Crippen LogP contribution in [0.15, 0.2) is 90.1 Å². The summed E-state index contributed by atoms with van der Waals surface area (Å²) in [7, 11) is 0. The lowest BCUT2D eigenvalue weighted by Gasteiger charge is -2.10. The van der Waals surface area contributed by atoms with Crippen molar-refractivity contribution in [2.45, 2.75) is 10.9 Å². The molecule has 0 fully saturated rings. The Morgan fingerprint density at radius 2 is 1.73 bits per heavy atom. The highest BCUT2D eigenvalue weighted by atomic mass is 32.2. The van der Waals surface area contributed by atoms with E-state index in [-0.39, 0.29) is 5.69 Å². The summed E-state index contributed by atoms with van der Waals surface area (Å²) >= 11 is 1.47. The number of nitro groups is 1. The van der Waals surface area contributed by atoms with E-state index in [2.05, 4.69) is 20.3 Å². The van der Waals surface area contributed by atoms with Gasteiger partial charge < -0.3 is 10.3 Å². The molecule has 0 saturated carbocycles. The Hall–Kier alpha value is -4.24. The molecule has 5 aromatic rings. The second kappa shape index (κ2) is 9.09. The van der Waals surface area contributed by atoms with Crippen molar-refractivity contribution in [3.05, 3.63) is 101 Å². The van der Waals surface area contributed by atoms with Gasteiger partial charge in [0.2, 0.25) is 0 Å². The summed E-state index contributed by atoms with van der Waals surface area (Å²) in [5.41, 5.74) is 4.20. The number of nitrogens with zero attached hydrogens (tertiary/aromatic N) is 4. The first-order valence-corrected chi connectivity index (χ1v) is 11.1. The van der Waals surface area contributed by atoms with Crippen LogP contribution in [0.1, 0.15) is 5.82 Å². The summed E-state index contributed by atoms with van der Waals surface area (Å²) in [5.74, 6) is 1.96. The molecule has 0 unspecified atom stereocenters. The van der Waals surface area contributed by atoms with E-state index in [0.717, 1.165) is 28.1 Å². The molecular formula is C24H18N6O2S. The van der Waals surface area contributed by atoms with Crippen LogP contribution in [-0.4, -0.2) is 24.9 Å². The Labute approximate surface area is 193 Å². The maximum absolute atomic E-state index is 11.1. The normalized spacial score (nSPS) is 10.9. The largest absolute Gasteiger partial charge is 0.341 e. The van der Waals surface area contributed by atoms with Gasteiger partial charge in [0.25, 0.3) is 5.69 Å². The van der Waals surface area contributed by atoms with Gasteiger partial charge >= 0.3 is 0 Å². The van der Waals surface area contributed by atoms with Crippen molar-refractivity contribution in [3.8, 4) is 11.3 Å². The van der Waals surface area contributed by atoms with Gasteiger partial charge in [0, 0.05) is 29.4 Å². The van der Waals surface area contributed by atoms with Gasteiger partial charge in [-0.15, -0.1) is 0 Å². The smallest absolute Gasteiger partial charge is 0.271 e. The van der Waals surface area contributed by atoms with Crippen LogP contribution in [0, 0.1) is 10.1 Å². The van der Waals surface area contributed by atoms with Crippen LogP contribution in [0.4, 0.5) is 17.2 Å². The number of benzene rings is 3. The number of thioether (sulfide) groups is 1. The summed E-state index contributed by atoms with van der Waals surface area (Å²) in [4.78, 5) is 28.0. The van der Waals surface area contributed by atoms with Crippen LogP contribution in [-0.2, 0) is 5.75 Å². The molecule has 0 aliphatic rings. The van der Waals surface area contributed by atoms with Crippen LogP contribution in [0.3, 0.4) is 0 Å². The molecule has 2 aromatic heterocycles. The minimum atomic E-state index is -0.421. The van der Waals surface area contributed by atoms with Gasteiger partial charge in [0.15, 0.2) is 5.16 Å². The summed E-state index contributed by atoms with van der Waals surface area (Å²) in [6, 6.07) is 25.9. The molecule has 8 nitrogen and oxygen atoms in total. The molecule has 0 saturated heterocycles. The Balaban J connectivity index is 1.45. The molecule has 162 valence electrons. The van der Waals surface area contributed by atoms with Crippen LogP contribution in [0.5, 0.6) is 0 Å². The number of non-ortho nitro benzene ring substituents is 1. The summed E-state index contributed by atoms with van der Waals surface area (Å²) in [6.07, 6.45) is 0. The molecule has 0 bridgehead atoms. The molecule has 33 heavy (non-hydrogen) atoms. The number of para-hydroxylation sites is 2. The van der Waals surface area contributed by atoms with E-state index in [1.807, 2.05) is 60.7 Å². The van der Waals surface area contributed by atoms with Gasteiger partial charge in [-0.05, 0) is 18.2 Å². The van der Waals surface area contributed by atoms with E-state index in [0.29, 0.717) is 22.4 Å². The number of nitrogens with one attached hydrogen (secondary N) is 2. The van der Waals surface area contributed by atoms with E-state index >= 15 is 0 Å². The third kappa shape index (κ3) is 4.83. The minimum absolute atomic E-state index is 0.0109. The predicted octanol–water partition coefficient (Wildman–Crippen LogP) is 5.96.